The third kappa shape index (κ3) is 3.17. The van der Waals surface area contributed by atoms with E-state index in [-0.39, 0.29) is 6.54 Å². The minimum atomic E-state index is -0.784. The molecule has 0 radical (unpaired) electrons. The first kappa shape index (κ1) is 15.9. The summed E-state index contributed by atoms with van der Waals surface area (Å²) in [5.41, 5.74) is 4.84. The van der Waals surface area contributed by atoms with Crippen LogP contribution in [0.15, 0.2) is 54.6 Å². The molecule has 4 heteroatoms. The van der Waals surface area contributed by atoms with E-state index < -0.39 is 5.97 Å². The third-order valence-electron chi connectivity index (χ3n) is 5.11. The van der Waals surface area contributed by atoms with Crippen LogP contribution in [0.2, 0.25) is 0 Å². The number of hydrogen-bond acceptors (Lipinski definition) is 2. The molecular formula is C21H22N2O2. The van der Waals surface area contributed by atoms with E-state index in [4.69, 9.17) is 0 Å². The largest absolute Gasteiger partial charge is 0.480 e. The highest BCUT2D eigenvalue weighted by Crippen LogP contribution is 2.32. The summed E-state index contributed by atoms with van der Waals surface area (Å²) in [6, 6.07) is 19.0. The number of nitrogens with zero attached hydrogens (tertiary/aromatic N) is 1. The minimum Gasteiger partial charge on any atom is -0.480 e. The average Bonchev–Trinajstić information content (AvgIpc) is 2.94. The van der Waals surface area contributed by atoms with Gasteiger partial charge in [0.2, 0.25) is 0 Å². The molecule has 1 aliphatic rings. The molecule has 4 nitrogen and oxygen atoms in total. The van der Waals surface area contributed by atoms with Gasteiger partial charge in [0.25, 0.3) is 0 Å². The summed E-state index contributed by atoms with van der Waals surface area (Å²) >= 11 is 0. The lowest BCUT2D eigenvalue weighted by atomic mass is 9.91. The Labute approximate surface area is 147 Å². The molecule has 0 unspecified atom stereocenters. The van der Waals surface area contributed by atoms with E-state index in [0.29, 0.717) is 6.04 Å². The lowest BCUT2D eigenvalue weighted by Gasteiger charge is -2.25. The minimum absolute atomic E-state index is 0.0396. The third-order valence-corrected chi connectivity index (χ3v) is 5.11. The topological polar surface area (TPSA) is 54.3 Å². The Morgan fingerprint density at radius 2 is 1.88 bits per heavy atom. The summed E-state index contributed by atoms with van der Waals surface area (Å²) in [7, 11) is 0. The van der Waals surface area contributed by atoms with Gasteiger partial charge in [-0.05, 0) is 36.5 Å². The molecule has 2 aromatic carbocycles. The van der Waals surface area contributed by atoms with E-state index in [1.165, 1.54) is 22.2 Å². The van der Waals surface area contributed by atoms with Crippen molar-refractivity contribution in [2.45, 2.75) is 38.4 Å². The van der Waals surface area contributed by atoms with Gasteiger partial charge in [0.05, 0.1) is 0 Å². The number of carboxylic acids is 1. The van der Waals surface area contributed by atoms with E-state index in [9.17, 15) is 9.90 Å². The summed E-state index contributed by atoms with van der Waals surface area (Å²) in [5, 5.41) is 14.1. The molecule has 1 aromatic heterocycles. The van der Waals surface area contributed by atoms with E-state index >= 15 is 0 Å². The maximum Gasteiger partial charge on any atom is 0.323 e. The van der Waals surface area contributed by atoms with Crippen LogP contribution in [0.1, 0.15) is 23.2 Å². The number of aromatic nitrogens is 1. The highest BCUT2D eigenvalue weighted by Gasteiger charge is 2.25. The Hall–Kier alpha value is -2.59. The smallest absolute Gasteiger partial charge is 0.323 e. The number of carboxylic acid groups (broad SMARTS) is 1. The Morgan fingerprint density at radius 1 is 1.12 bits per heavy atom. The van der Waals surface area contributed by atoms with Crippen molar-refractivity contribution in [1.29, 1.82) is 0 Å². The van der Waals surface area contributed by atoms with Gasteiger partial charge in [0, 0.05) is 29.2 Å². The van der Waals surface area contributed by atoms with Crippen LogP contribution >= 0.6 is 0 Å². The summed E-state index contributed by atoms with van der Waals surface area (Å²) < 4.78 is 1.99. The summed E-state index contributed by atoms with van der Waals surface area (Å²) in [4.78, 5) is 11.3. The molecule has 4 rings (SSSR count). The molecule has 0 spiro atoms. The fourth-order valence-electron chi connectivity index (χ4n) is 3.95. The second-order valence-corrected chi connectivity index (χ2v) is 6.73. The van der Waals surface area contributed by atoms with Gasteiger partial charge in [0.15, 0.2) is 0 Å². The second-order valence-electron chi connectivity index (χ2n) is 6.73. The number of nitrogens with one attached hydrogen (secondary N) is 1. The number of rotatable bonds is 5. The molecule has 3 aromatic rings. The number of carbonyl (C=O) groups is 1. The lowest BCUT2D eigenvalue weighted by Crippen LogP contribution is -2.34. The first-order chi connectivity index (χ1) is 12.2. The lowest BCUT2D eigenvalue weighted by molar-refractivity contribution is -0.137. The molecule has 1 atom stereocenters. The molecule has 1 aliphatic carbocycles. The molecule has 0 aliphatic heterocycles. The van der Waals surface area contributed by atoms with Crippen molar-refractivity contribution >= 4 is 16.9 Å². The zero-order valence-electron chi connectivity index (χ0n) is 14.1. The number of hydrogen-bond donors (Lipinski definition) is 2. The molecule has 0 bridgehead atoms. The van der Waals surface area contributed by atoms with Crippen LogP contribution in [0.5, 0.6) is 0 Å². The zero-order valence-corrected chi connectivity index (χ0v) is 14.1. The van der Waals surface area contributed by atoms with Gasteiger partial charge < -0.3 is 15.0 Å². The van der Waals surface area contributed by atoms with Crippen LogP contribution in [-0.4, -0.2) is 21.7 Å². The summed E-state index contributed by atoms with van der Waals surface area (Å²) in [5.74, 6) is -0.784. The maximum atomic E-state index is 11.3. The number of fused-ring (bicyclic) bond motifs is 3. The Morgan fingerprint density at radius 3 is 2.68 bits per heavy atom. The van der Waals surface area contributed by atoms with Crippen molar-refractivity contribution in [3.8, 4) is 0 Å². The average molecular weight is 334 g/mol. The fourth-order valence-corrected chi connectivity index (χ4v) is 3.95. The normalized spacial score (nSPS) is 16.7. The van der Waals surface area contributed by atoms with Gasteiger partial charge in [-0.25, -0.2) is 0 Å². The number of aliphatic carboxylic acids is 1. The van der Waals surface area contributed by atoms with Crippen molar-refractivity contribution < 1.29 is 9.90 Å². The van der Waals surface area contributed by atoms with Gasteiger partial charge in [0.1, 0.15) is 6.54 Å². The van der Waals surface area contributed by atoms with E-state index in [2.05, 4.69) is 35.6 Å². The van der Waals surface area contributed by atoms with Crippen molar-refractivity contribution in [3.63, 3.8) is 0 Å². The van der Waals surface area contributed by atoms with Crippen LogP contribution < -0.4 is 5.32 Å². The van der Waals surface area contributed by atoms with Crippen molar-refractivity contribution in [2.24, 2.45) is 0 Å². The maximum absolute atomic E-state index is 11.3. The van der Waals surface area contributed by atoms with Crippen LogP contribution in [0, 0.1) is 0 Å². The molecule has 25 heavy (non-hydrogen) atoms. The predicted molar refractivity (Wildman–Crippen MR) is 98.7 cm³/mol. The van der Waals surface area contributed by atoms with Crippen LogP contribution in [0.3, 0.4) is 0 Å². The van der Waals surface area contributed by atoms with E-state index in [0.717, 1.165) is 31.3 Å². The van der Waals surface area contributed by atoms with Gasteiger partial charge >= 0.3 is 5.97 Å². The standard InChI is InChI=1S/C21H22N2O2/c24-21(25)14-23-19-9-5-4-8-17(19)18-12-16(10-11-20(18)23)22-13-15-6-2-1-3-7-15/h1-9,16,22H,10-14H2,(H,24,25)/t16-/m1/s1. The van der Waals surface area contributed by atoms with Gasteiger partial charge in [-0.15, -0.1) is 0 Å². The van der Waals surface area contributed by atoms with Crippen molar-refractivity contribution in [3.05, 3.63) is 71.4 Å². The Balaban J connectivity index is 1.59. The Kier molecular flexibility index (Phi) is 4.28. The second kappa shape index (κ2) is 6.73. The van der Waals surface area contributed by atoms with E-state index in [1.807, 2.05) is 28.8 Å². The fraction of sp³-hybridized carbons (Fsp3) is 0.286. The first-order valence-corrected chi connectivity index (χ1v) is 8.80. The van der Waals surface area contributed by atoms with Gasteiger partial charge in [-0.1, -0.05) is 48.5 Å². The van der Waals surface area contributed by atoms with Gasteiger partial charge in [-0.3, -0.25) is 4.79 Å². The van der Waals surface area contributed by atoms with Crippen LogP contribution in [0.25, 0.3) is 10.9 Å². The van der Waals surface area contributed by atoms with Crippen LogP contribution in [-0.2, 0) is 30.7 Å². The molecule has 0 amide bonds. The monoisotopic (exact) mass is 334 g/mol. The van der Waals surface area contributed by atoms with Crippen molar-refractivity contribution in [2.75, 3.05) is 0 Å². The Bertz CT molecular complexity index is 899. The van der Waals surface area contributed by atoms with Crippen LogP contribution in [0.4, 0.5) is 0 Å². The molecule has 0 saturated heterocycles. The SMILES string of the molecule is O=C(O)Cn1c2c(c3ccccc31)C[C@H](NCc1ccccc1)CC2. The molecule has 0 saturated carbocycles. The quantitative estimate of drug-likeness (QED) is 0.752. The first-order valence-electron chi connectivity index (χ1n) is 8.80. The highest BCUT2D eigenvalue weighted by molar-refractivity contribution is 5.87. The molecule has 128 valence electrons. The number of para-hydroxylation sites is 1. The highest BCUT2D eigenvalue weighted by atomic mass is 16.4. The molecular weight excluding hydrogens is 312 g/mol. The van der Waals surface area contributed by atoms with Crippen molar-refractivity contribution in [1.82, 2.24) is 9.88 Å². The summed E-state index contributed by atoms with van der Waals surface area (Å²) in [6.07, 6.45) is 2.91. The summed E-state index contributed by atoms with van der Waals surface area (Å²) in [6.45, 7) is 0.909. The number of benzene rings is 2. The molecule has 2 N–H and O–H groups in total. The zero-order chi connectivity index (χ0) is 17.2. The molecule has 1 heterocycles. The van der Waals surface area contributed by atoms with E-state index in [1.54, 1.807) is 0 Å². The van der Waals surface area contributed by atoms with Gasteiger partial charge in [-0.2, -0.15) is 0 Å². The predicted octanol–water partition coefficient (Wildman–Crippen LogP) is 3.37. The molecule has 0 fully saturated rings.